The van der Waals surface area contributed by atoms with Crippen molar-refractivity contribution in [1.82, 2.24) is 5.16 Å². The van der Waals surface area contributed by atoms with Crippen LogP contribution in [0.4, 0.5) is 13.2 Å². The third kappa shape index (κ3) is 3.28. The van der Waals surface area contributed by atoms with Crippen LogP contribution in [0, 0.1) is 5.82 Å². The van der Waals surface area contributed by atoms with E-state index >= 15 is 0 Å². The number of rotatable bonds is 4. The summed E-state index contributed by atoms with van der Waals surface area (Å²) >= 11 is 0. The summed E-state index contributed by atoms with van der Waals surface area (Å²) in [5.41, 5.74) is 0.476. The molecule has 130 valence electrons. The van der Waals surface area contributed by atoms with Crippen molar-refractivity contribution >= 4 is 10.0 Å². The third-order valence-electron chi connectivity index (χ3n) is 3.49. The van der Waals surface area contributed by atoms with E-state index < -0.39 is 32.9 Å². The minimum atomic E-state index is -4.27. The zero-order chi connectivity index (χ0) is 18.2. The van der Waals surface area contributed by atoms with Crippen LogP contribution in [-0.2, 0) is 10.0 Å². The summed E-state index contributed by atoms with van der Waals surface area (Å²) in [4.78, 5) is -0.729. The van der Waals surface area contributed by atoms with Crippen LogP contribution in [0.5, 0.6) is 0 Å². The van der Waals surface area contributed by atoms with Crippen LogP contribution in [-0.4, -0.2) is 13.6 Å². The van der Waals surface area contributed by atoms with Crippen LogP contribution in [0.3, 0.4) is 0 Å². The molecular formula is C16H11F3N2O3S. The second-order valence-corrected chi connectivity index (χ2v) is 6.66. The van der Waals surface area contributed by atoms with E-state index in [0.29, 0.717) is 5.56 Å². The van der Waals surface area contributed by atoms with Crippen LogP contribution < -0.4 is 5.14 Å². The van der Waals surface area contributed by atoms with Gasteiger partial charge in [-0.2, -0.15) is 0 Å². The van der Waals surface area contributed by atoms with Crippen molar-refractivity contribution in [1.29, 1.82) is 0 Å². The molecule has 2 aromatic carbocycles. The molecule has 9 heteroatoms. The molecule has 0 aliphatic heterocycles. The van der Waals surface area contributed by atoms with Gasteiger partial charge in [-0.15, -0.1) is 0 Å². The minimum absolute atomic E-state index is 0.000281. The van der Waals surface area contributed by atoms with E-state index in [0.717, 1.165) is 12.1 Å². The number of hydrogen-bond acceptors (Lipinski definition) is 4. The van der Waals surface area contributed by atoms with Gasteiger partial charge >= 0.3 is 0 Å². The maximum atomic E-state index is 14.1. The van der Waals surface area contributed by atoms with Gasteiger partial charge in [-0.25, -0.2) is 26.7 Å². The summed E-state index contributed by atoms with van der Waals surface area (Å²) < 4.78 is 68.0. The standard InChI is InChI=1S/C16H11F3N2O3S/c17-11-8-10(6-7-12(11)25(20,22)23)13-14(9-4-2-1-3-5-9)21-24-15(13)16(18)19/h1-8,16H,(H2,20,22,23). The lowest BCUT2D eigenvalue weighted by molar-refractivity contribution is 0.113. The Bertz CT molecular complexity index is 1020. The van der Waals surface area contributed by atoms with E-state index in [-0.39, 0.29) is 16.8 Å². The molecule has 0 bridgehead atoms. The molecule has 0 unspecified atom stereocenters. The zero-order valence-electron chi connectivity index (χ0n) is 12.5. The smallest absolute Gasteiger partial charge is 0.298 e. The molecule has 3 rings (SSSR count). The molecule has 0 saturated carbocycles. The number of hydrogen-bond donors (Lipinski definition) is 1. The summed E-state index contributed by atoms with van der Waals surface area (Å²) in [5, 5.41) is 8.57. The van der Waals surface area contributed by atoms with Gasteiger partial charge in [-0.05, 0) is 17.7 Å². The first kappa shape index (κ1) is 17.2. The van der Waals surface area contributed by atoms with Gasteiger partial charge in [0, 0.05) is 5.56 Å². The molecule has 3 aromatic rings. The lowest BCUT2D eigenvalue weighted by Crippen LogP contribution is -2.14. The largest absolute Gasteiger partial charge is 0.354 e. The van der Waals surface area contributed by atoms with Crippen LogP contribution in [0.2, 0.25) is 0 Å². The summed E-state index contributed by atoms with van der Waals surface area (Å²) in [6, 6.07) is 11.3. The van der Waals surface area contributed by atoms with Crippen LogP contribution in [0.15, 0.2) is 57.9 Å². The Hall–Kier alpha value is -2.65. The molecule has 0 aliphatic carbocycles. The summed E-state index contributed by atoms with van der Waals surface area (Å²) in [6.45, 7) is 0. The second-order valence-electron chi connectivity index (χ2n) is 5.13. The van der Waals surface area contributed by atoms with Crippen LogP contribution in [0.25, 0.3) is 22.4 Å². The molecule has 0 radical (unpaired) electrons. The summed E-state index contributed by atoms with van der Waals surface area (Å²) in [5.74, 6) is -1.89. The molecule has 0 atom stereocenters. The molecule has 1 heterocycles. The Balaban J connectivity index is 2.23. The summed E-state index contributed by atoms with van der Waals surface area (Å²) in [7, 11) is -4.27. The monoisotopic (exact) mass is 368 g/mol. The minimum Gasteiger partial charge on any atom is -0.354 e. The van der Waals surface area contributed by atoms with Gasteiger partial charge in [0.05, 0.1) is 5.56 Å². The summed E-state index contributed by atoms with van der Waals surface area (Å²) in [6.07, 6.45) is -2.99. The van der Waals surface area contributed by atoms with Crippen LogP contribution >= 0.6 is 0 Å². The van der Waals surface area contributed by atoms with Gasteiger partial charge in [0.15, 0.2) is 0 Å². The zero-order valence-corrected chi connectivity index (χ0v) is 13.3. The highest BCUT2D eigenvalue weighted by Crippen LogP contribution is 2.39. The highest BCUT2D eigenvalue weighted by Gasteiger charge is 2.27. The van der Waals surface area contributed by atoms with Crippen molar-refractivity contribution in [2.75, 3.05) is 0 Å². The number of nitrogens with two attached hydrogens (primary N) is 1. The highest BCUT2D eigenvalue weighted by molar-refractivity contribution is 7.89. The number of benzene rings is 2. The Morgan fingerprint density at radius 1 is 1.04 bits per heavy atom. The van der Waals surface area contributed by atoms with Crippen molar-refractivity contribution in [2.45, 2.75) is 11.3 Å². The average Bonchev–Trinajstić information content (AvgIpc) is 2.99. The number of halogens is 3. The lowest BCUT2D eigenvalue weighted by Gasteiger charge is -2.07. The first-order valence-corrected chi connectivity index (χ1v) is 8.49. The van der Waals surface area contributed by atoms with Crippen molar-refractivity contribution in [3.05, 3.63) is 60.1 Å². The lowest BCUT2D eigenvalue weighted by atomic mass is 9.99. The number of primary sulfonamides is 1. The molecule has 0 saturated heterocycles. The molecule has 0 spiro atoms. The van der Waals surface area contributed by atoms with Crippen molar-refractivity contribution in [2.24, 2.45) is 5.14 Å². The fraction of sp³-hybridized carbons (Fsp3) is 0.0625. The predicted octanol–water partition coefficient (Wildman–Crippen LogP) is 3.73. The maximum absolute atomic E-state index is 14.1. The van der Waals surface area contributed by atoms with Gasteiger partial charge in [-0.1, -0.05) is 41.6 Å². The first-order chi connectivity index (χ1) is 11.8. The van der Waals surface area contributed by atoms with E-state index in [2.05, 4.69) is 5.16 Å². The van der Waals surface area contributed by atoms with Crippen molar-refractivity contribution < 1.29 is 26.1 Å². The van der Waals surface area contributed by atoms with E-state index in [9.17, 15) is 21.6 Å². The van der Waals surface area contributed by atoms with E-state index in [4.69, 9.17) is 9.66 Å². The number of aromatic nitrogens is 1. The Labute approximate surface area is 140 Å². The van der Waals surface area contributed by atoms with E-state index in [1.807, 2.05) is 0 Å². The molecular weight excluding hydrogens is 357 g/mol. The quantitative estimate of drug-likeness (QED) is 0.760. The van der Waals surface area contributed by atoms with E-state index in [1.165, 1.54) is 6.07 Å². The van der Waals surface area contributed by atoms with Crippen molar-refractivity contribution in [3.8, 4) is 22.4 Å². The maximum Gasteiger partial charge on any atom is 0.298 e. The number of alkyl halides is 2. The SMILES string of the molecule is NS(=O)(=O)c1ccc(-c2c(-c3ccccc3)noc2C(F)F)cc1F. The Kier molecular flexibility index (Phi) is 4.36. The molecule has 0 aliphatic rings. The van der Waals surface area contributed by atoms with Gasteiger partial charge in [0.1, 0.15) is 16.4 Å². The number of sulfonamides is 1. The van der Waals surface area contributed by atoms with Crippen molar-refractivity contribution in [3.63, 3.8) is 0 Å². The van der Waals surface area contributed by atoms with Gasteiger partial charge in [0.2, 0.25) is 15.8 Å². The third-order valence-corrected chi connectivity index (χ3v) is 4.44. The van der Waals surface area contributed by atoms with Gasteiger partial charge in [0.25, 0.3) is 6.43 Å². The highest BCUT2D eigenvalue weighted by atomic mass is 32.2. The molecule has 0 amide bonds. The first-order valence-electron chi connectivity index (χ1n) is 6.95. The van der Waals surface area contributed by atoms with Gasteiger partial charge < -0.3 is 4.52 Å². The molecule has 1 aromatic heterocycles. The Morgan fingerprint density at radius 2 is 1.72 bits per heavy atom. The topological polar surface area (TPSA) is 86.2 Å². The fourth-order valence-electron chi connectivity index (χ4n) is 2.41. The normalized spacial score (nSPS) is 11.9. The molecule has 5 nitrogen and oxygen atoms in total. The van der Waals surface area contributed by atoms with Crippen LogP contribution in [0.1, 0.15) is 12.2 Å². The molecule has 25 heavy (non-hydrogen) atoms. The average molecular weight is 368 g/mol. The molecule has 0 fully saturated rings. The fourth-order valence-corrected chi connectivity index (χ4v) is 3.00. The predicted molar refractivity (Wildman–Crippen MR) is 83.7 cm³/mol. The van der Waals surface area contributed by atoms with E-state index in [1.54, 1.807) is 30.3 Å². The molecule has 2 N–H and O–H groups in total. The Morgan fingerprint density at radius 3 is 2.28 bits per heavy atom. The van der Waals surface area contributed by atoms with Gasteiger partial charge in [-0.3, -0.25) is 0 Å². The number of nitrogens with zero attached hydrogens (tertiary/aromatic N) is 1. The second kappa shape index (κ2) is 6.34.